The summed E-state index contributed by atoms with van der Waals surface area (Å²) in [5.74, 6) is -0.378. The molecule has 0 aliphatic carbocycles. The molecule has 0 unspecified atom stereocenters. The summed E-state index contributed by atoms with van der Waals surface area (Å²) in [5, 5.41) is 13.6. The number of esters is 1. The van der Waals surface area contributed by atoms with Gasteiger partial charge in [0.2, 0.25) is 0 Å². The van der Waals surface area contributed by atoms with E-state index in [4.69, 9.17) is 4.74 Å². The number of nitrogens with zero attached hydrogens (tertiary/aromatic N) is 1. The Morgan fingerprint density at radius 3 is 2.89 bits per heavy atom. The van der Waals surface area contributed by atoms with Crippen molar-refractivity contribution >= 4 is 27.6 Å². The monoisotopic (exact) mass is 316 g/mol. The zero-order valence-corrected chi connectivity index (χ0v) is 11.4. The van der Waals surface area contributed by atoms with E-state index < -0.39 is 4.92 Å². The van der Waals surface area contributed by atoms with Gasteiger partial charge >= 0.3 is 5.97 Å². The van der Waals surface area contributed by atoms with Crippen molar-refractivity contribution in [3.63, 3.8) is 0 Å². The predicted molar refractivity (Wildman–Crippen MR) is 69.1 cm³/mol. The number of ether oxygens (including phenoxy) is 1. The highest BCUT2D eigenvalue weighted by molar-refractivity contribution is 9.10. The van der Waals surface area contributed by atoms with Gasteiger partial charge in [0.25, 0.3) is 5.69 Å². The van der Waals surface area contributed by atoms with E-state index in [2.05, 4.69) is 21.2 Å². The molecule has 0 aliphatic heterocycles. The van der Waals surface area contributed by atoms with Crippen LogP contribution in [0.3, 0.4) is 0 Å². The number of benzene rings is 1. The summed E-state index contributed by atoms with van der Waals surface area (Å²) in [6.07, 6.45) is 0. The van der Waals surface area contributed by atoms with Crippen LogP contribution >= 0.6 is 15.9 Å². The molecule has 1 aromatic rings. The fourth-order valence-electron chi connectivity index (χ4n) is 1.37. The minimum atomic E-state index is -0.452. The fourth-order valence-corrected chi connectivity index (χ4v) is 1.72. The topological polar surface area (TPSA) is 81.5 Å². The molecular formula is C11H13BrN2O4. The number of halogens is 1. The molecule has 0 radical (unpaired) electrons. The number of nitro benzene ring substituents is 1. The Bertz CT molecular complexity index is 451. The van der Waals surface area contributed by atoms with E-state index in [9.17, 15) is 14.9 Å². The normalized spacial score (nSPS) is 10.1. The Labute approximate surface area is 113 Å². The largest absolute Gasteiger partial charge is 0.465 e. The molecule has 18 heavy (non-hydrogen) atoms. The molecule has 0 spiro atoms. The smallest absolute Gasteiger partial charge is 0.319 e. The van der Waals surface area contributed by atoms with Crippen LogP contribution < -0.4 is 5.32 Å². The second-order valence-electron chi connectivity index (χ2n) is 3.44. The van der Waals surface area contributed by atoms with Crippen molar-refractivity contribution in [3.05, 3.63) is 38.3 Å². The summed E-state index contributed by atoms with van der Waals surface area (Å²) < 4.78 is 5.38. The van der Waals surface area contributed by atoms with Gasteiger partial charge < -0.3 is 10.1 Å². The first kappa shape index (κ1) is 14.6. The van der Waals surface area contributed by atoms with Gasteiger partial charge in [-0.15, -0.1) is 0 Å². The molecule has 0 saturated heterocycles. The SMILES string of the molecule is CCOC(=O)CNCc1ccc(Br)cc1[N+](=O)[O-]. The van der Waals surface area contributed by atoms with E-state index in [0.29, 0.717) is 16.6 Å². The Kier molecular flexibility index (Phi) is 5.73. The number of hydrogen-bond acceptors (Lipinski definition) is 5. The number of nitro groups is 1. The van der Waals surface area contributed by atoms with Gasteiger partial charge in [0.1, 0.15) is 0 Å². The molecule has 1 aromatic carbocycles. The molecule has 98 valence electrons. The Balaban J connectivity index is 2.62. The third-order valence-corrected chi connectivity index (χ3v) is 2.63. The quantitative estimate of drug-likeness (QED) is 0.493. The van der Waals surface area contributed by atoms with Crippen LogP contribution in [-0.2, 0) is 16.1 Å². The van der Waals surface area contributed by atoms with E-state index in [1.54, 1.807) is 19.1 Å². The highest BCUT2D eigenvalue weighted by Gasteiger charge is 2.14. The van der Waals surface area contributed by atoms with Gasteiger partial charge in [-0.05, 0) is 19.1 Å². The average molecular weight is 317 g/mol. The van der Waals surface area contributed by atoms with Gasteiger partial charge in [-0.3, -0.25) is 14.9 Å². The molecule has 6 nitrogen and oxygen atoms in total. The maximum absolute atomic E-state index is 11.1. The highest BCUT2D eigenvalue weighted by atomic mass is 79.9. The van der Waals surface area contributed by atoms with Crippen molar-refractivity contribution in [2.24, 2.45) is 0 Å². The first-order valence-corrected chi connectivity index (χ1v) is 6.13. The van der Waals surface area contributed by atoms with Crippen LogP contribution in [0.25, 0.3) is 0 Å². The van der Waals surface area contributed by atoms with E-state index >= 15 is 0 Å². The molecule has 0 bridgehead atoms. The summed E-state index contributed by atoms with van der Waals surface area (Å²) >= 11 is 3.18. The molecular weight excluding hydrogens is 304 g/mol. The van der Waals surface area contributed by atoms with Crippen LogP contribution in [-0.4, -0.2) is 24.0 Å². The molecule has 7 heteroatoms. The standard InChI is InChI=1S/C11H13BrN2O4/c1-2-18-11(15)7-13-6-8-3-4-9(12)5-10(8)14(16)17/h3-5,13H,2,6-7H2,1H3. The van der Waals surface area contributed by atoms with E-state index in [-0.39, 0.29) is 24.7 Å². The Morgan fingerprint density at radius 1 is 1.56 bits per heavy atom. The summed E-state index contributed by atoms with van der Waals surface area (Å²) in [6, 6.07) is 4.79. The molecule has 0 amide bonds. The lowest BCUT2D eigenvalue weighted by Crippen LogP contribution is -2.24. The maximum atomic E-state index is 11.1. The van der Waals surface area contributed by atoms with Crippen molar-refractivity contribution in [1.29, 1.82) is 0 Å². The van der Waals surface area contributed by atoms with Crippen LogP contribution in [0.1, 0.15) is 12.5 Å². The van der Waals surface area contributed by atoms with E-state index in [0.717, 1.165) is 0 Å². The van der Waals surface area contributed by atoms with Gasteiger partial charge in [-0.1, -0.05) is 15.9 Å². The molecule has 0 atom stereocenters. The molecule has 1 rings (SSSR count). The Hall–Kier alpha value is -1.47. The van der Waals surface area contributed by atoms with Crippen molar-refractivity contribution in [2.75, 3.05) is 13.2 Å². The summed E-state index contributed by atoms with van der Waals surface area (Å²) in [5.41, 5.74) is 0.535. The molecule has 0 aliphatic rings. The number of hydrogen-bond donors (Lipinski definition) is 1. The molecule has 0 aromatic heterocycles. The minimum Gasteiger partial charge on any atom is -0.465 e. The second-order valence-corrected chi connectivity index (χ2v) is 4.35. The highest BCUT2D eigenvalue weighted by Crippen LogP contribution is 2.23. The van der Waals surface area contributed by atoms with E-state index in [1.165, 1.54) is 6.07 Å². The lowest BCUT2D eigenvalue weighted by Gasteiger charge is -2.05. The van der Waals surface area contributed by atoms with Crippen LogP contribution in [0, 0.1) is 10.1 Å². The second kappa shape index (κ2) is 7.07. The predicted octanol–water partition coefficient (Wildman–Crippen LogP) is 2.01. The van der Waals surface area contributed by atoms with Gasteiger partial charge in [0, 0.05) is 22.6 Å². The maximum Gasteiger partial charge on any atom is 0.319 e. The summed E-state index contributed by atoms with van der Waals surface area (Å²) in [7, 11) is 0. The van der Waals surface area contributed by atoms with Gasteiger partial charge in [-0.25, -0.2) is 0 Å². The number of carbonyl (C=O) groups excluding carboxylic acids is 1. The Morgan fingerprint density at radius 2 is 2.28 bits per heavy atom. The van der Waals surface area contributed by atoms with Crippen LogP contribution in [0.2, 0.25) is 0 Å². The fraction of sp³-hybridized carbons (Fsp3) is 0.364. The first-order valence-electron chi connectivity index (χ1n) is 5.33. The van der Waals surface area contributed by atoms with Gasteiger partial charge in [0.05, 0.1) is 18.1 Å². The minimum absolute atomic E-state index is 0.0146. The zero-order valence-electron chi connectivity index (χ0n) is 9.81. The molecule has 1 N–H and O–H groups in total. The third-order valence-electron chi connectivity index (χ3n) is 2.13. The van der Waals surface area contributed by atoms with Crippen LogP contribution in [0.15, 0.2) is 22.7 Å². The average Bonchev–Trinajstić information content (AvgIpc) is 2.31. The summed E-state index contributed by atoms with van der Waals surface area (Å²) in [6.45, 7) is 2.31. The number of rotatable bonds is 6. The van der Waals surface area contributed by atoms with Gasteiger partial charge in [-0.2, -0.15) is 0 Å². The van der Waals surface area contributed by atoms with Crippen molar-refractivity contribution in [2.45, 2.75) is 13.5 Å². The first-order chi connectivity index (χ1) is 8.54. The van der Waals surface area contributed by atoms with Crippen molar-refractivity contribution < 1.29 is 14.5 Å². The van der Waals surface area contributed by atoms with Gasteiger partial charge in [0.15, 0.2) is 0 Å². The van der Waals surface area contributed by atoms with Crippen LogP contribution in [0.4, 0.5) is 5.69 Å². The van der Waals surface area contributed by atoms with Crippen LogP contribution in [0.5, 0.6) is 0 Å². The van der Waals surface area contributed by atoms with E-state index in [1.807, 2.05) is 0 Å². The molecule has 0 saturated carbocycles. The number of carbonyl (C=O) groups is 1. The third kappa shape index (κ3) is 4.42. The molecule has 0 fully saturated rings. The number of nitrogens with one attached hydrogen (secondary N) is 1. The lowest BCUT2D eigenvalue weighted by molar-refractivity contribution is -0.385. The van der Waals surface area contributed by atoms with Crippen molar-refractivity contribution in [3.8, 4) is 0 Å². The molecule has 0 heterocycles. The zero-order chi connectivity index (χ0) is 13.5. The van der Waals surface area contributed by atoms with Crippen molar-refractivity contribution in [1.82, 2.24) is 5.32 Å². The lowest BCUT2D eigenvalue weighted by atomic mass is 10.2. The summed E-state index contributed by atoms with van der Waals surface area (Å²) in [4.78, 5) is 21.5.